The van der Waals surface area contributed by atoms with Crippen molar-refractivity contribution in [2.75, 3.05) is 26.8 Å². The number of aliphatic hydroxyl groups is 1. The Morgan fingerprint density at radius 3 is 3.06 bits per heavy atom. The van der Waals surface area contributed by atoms with E-state index in [1.165, 1.54) is 0 Å². The van der Waals surface area contributed by atoms with Crippen LogP contribution in [0.3, 0.4) is 0 Å². The second-order valence-electron chi connectivity index (χ2n) is 4.55. The van der Waals surface area contributed by atoms with Crippen LogP contribution in [-0.2, 0) is 4.74 Å². The number of hydrogen-bond donors (Lipinski definition) is 2. The lowest BCUT2D eigenvalue weighted by Crippen LogP contribution is -2.30. The van der Waals surface area contributed by atoms with E-state index in [4.69, 9.17) is 9.47 Å². The first-order chi connectivity index (χ1) is 8.81. The second kappa shape index (κ2) is 6.73. The van der Waals surface area contributed by atoms with Gasteiger partial charge in [0.05, 0.1) is 19.3 Å². The van der Waals surface area contributed by atoms with E-state index in [0.717, 1.165) is 37.3 Å². The van der Waals surface area contributed by atoms with E-state index in [-0.39, 0.29) is 0 Å². The van der Waals surface area contributed by atoms with Gasteiger partial charge >= 0.3 is 0 Å². The summed E-state index contributed by atoms with van der Waals surface area (Å²) in [7, 11) is 1.62. The van der Waals surface area contributed by atoms with Gasteiger partial charge in [0.15, 0.2) is 0 Å². The van der Waals surface area contributed by atoms with Crippen molar-refractivity contribution >= 4 is 0 Å². The molecule has 2 atom stereocenters. The van der Waals surface area contributed by atoms with E-state index in [1.54, 1.807) is 7.11 Å². The fourth-order valence-electron chi connectivity index (χ4n) is 2.24. The summed E-state index contributed by atoms with van der Waals surface area (Å²) in [5, 5.41) is 13.4. The number of aliphatic hydroxyl groups excluding tert-OH is 1. The molecule has 0 aliphatic carbocycles. The summed E-state index contributed by atoms with van der Waals surface area (Å²) in [6.45, 7) is 2.17. The van der Waals surface area contributed by atoms with Crippen molar-refractivity contribution in [3.05, 3.63) is 29.8 Å². The van der Waals surface area contributed by atoms with Gasteiger partial charge in [0.2, 0.25) is 0 Å². The van der Waals surface area contributed by atoms with Crippen LogP contribution in [0, 0.1) is 0 Å². The van der Waals surface area contributed by atoms with Crippen molar-refractivity contribution < 1.29 is 14.6 Å². The molecule has 18 heavy (non-hydrogen) atoms. The third-order valence-corrected chi connectivity index (χ3v) is 3.23. The summed E-state index contributed by atoms with van der Waals surface area (Å²) in [6, 6.07) is 7.55. The van der Waals surface area contributed by atoms with Gasteiger partial charge < -0.3 is 19.9 Å². The molecule has 1 aromatic rings. The highest BCUT2D eigenvalue weighted by Gasteiger charge is 2.16. The third-order valence-electron chi connectivity index (χ3n) is 3.23. The Morgan fingerprint density at radius 2 is 2.33 bits per heavy atom. The van der Waals surface area contributed by atoms with Crippen LogP contribution in [0.4, 0.5) is 0 Å². The molecule has 2 unspecified atom stereocenters. The highest BCUT2D eigenvalue weighted by atomic mass is 16.5. The molecule has 0 saturated carbocycles. The number of methoxy groups -OCH3 is 1. The molecule has 4 heteroatoms. The average Bonchev–Trinajstić information content (AvgIpc) is 2.91. The van der Waals surface area contributed by atoms with Gasteiger partial charge in [-0.2, -0.15) is 0 Å². The van der Waals surface area contributed by atoms with Crippen molar-refractivity contribution in [2.24, 2.45) is 0 Å². The summed E-state index contributed by atoms with van der Waals surface area (Å²) in [5.41, 5.74) is 0.819. The van der Waals surface area contributed by atoms with E-state index in [0.29, 0.717) is 12.6 Å². The van der Waals surface area contributed by atoms with Crippen molar-refractivity contribution in [3.8, 4) is 5.75 Å². The van der Waals surface area contributed by atoms with Crippen LogP contribution in [0.1, 0.15) is 24.5 Å². The third kappa shape index (κ3) is 3.45. The Bertz CT molecular complexity index is 364. The van der Waals surface area contributed by atoms with Crippen LogP contribution in [-0.4, -0.2) is 38.0 Å². The van der Waals surface area contributed by atoms with Crippen LogP contribution in [0.25, 0.3) is 0 Å². The summed E-state index contributed by atoms with van der Waals surface area (Å²) >= 11 is 0. The van der Waals surface area contributed by atoms with Gasteiger partial charge in [-0.3, -0.25) is 0 Å². The van der Waals surface area contributed by atoms with E-state index >= 15 is 0 Å². The van der Waals surface area contributed by atoms with Crippen LogP contribution < -0.4 is 10.1 Å². The highest BCUT2D eigenvalue weighted by Crippen LogP contribution is 2.24. The minimum Gasteiger partial charge on any atom is -0.496 e. The molecule has 1 aromatic carbocycles. The number of ether oxygens (including phenoxy) is 2. The molecule has 1 fully saturated rings. The summed E-state index contributed by atoms with van der Waals surface area (Å²) in [4.78, 5) is 0. The highest BCUT2D eigenvalue weighted by molar-refractivity contribution is 5.35. The quantitative estimate of drug-likeness (QED) is 0.804. The van der Waals surface area contributed by atoms with E-state index in [1.807, 2.05) is 24.3 Å². The Morgan fingerprint density at radius 1 is 1.50 bits per heavy atom. The largest absolute Gasteiger partial charge is 0.496 e. The minimum absolute atomic E-state index is 0.301. The predicted octanol–water partition coefficient (Wildman–Crippen LogP) is 1.50. The van der Waals surface area contributed by atoms with Crippen LogP contribution in [0.5, 0.6) is 5.75 Å². The molecule has 1 heterocycles. The number of nitrogens with one attached hydrogen (secondary N) is 1. The maximum atomic E-state index is 10.1. The Balaban J connectivity index is 1.81. The molecule has 0 aromatic heterocycles. The lowest BCUT2D eigenvalue weighted by atomic mass is 10.1. The minimum atomic E-state index is -0.553. The molecule has 2 N–H and O–H groups in total. The second-order valence-corrected chi connectivity index (χ2v) is 4.55. The van der Waals surface area contributed by atoms with E-state index in [2.05, 4.69) is 5.32 Å². The first kappa shape index (κ1) is 13.3. The first-order valence-electron chi connectivity index (χ1n) is 6.44. The lowest BCUT2D eigenvalue weighted by Gasteiger charge is -2.16. The normalized spacial score (nSPS) is 20.9. The monoisotopic (exact) mass is 251 g/mol. The number of rotatable bonds is 6. The molecule has 0 amide bonds. The Kier molecular flexibility index (Phi) is 4.99. The SMILES string of the molecule is COc1ccccc1C(O)CNCC1CCCO1. The van der Waals surface area contributed by atoms with Gasteiger partial charge in [-0.1, -0.05) is 18.2 Å². The molecule has 100 valence electrons. The molecule has 1 aliphatic heterocycles. The fourth-order valence-corrected chi connectivity index (χ4v) is 2.24. The van der Waals surface area contributed by atoms with Crippen molar-refractivity contribution in [3.63, 3.8) is 0 Å². The summed E-state index contributed by atoms with van der Waals surface area (Å²) in [5.74, 6) is 0.726. The molecular weight excluding hydrogens is 230 g/mol. The standard InChI is InChI=1S/C14H21NO3/c1-17-14-7-3-2-6-12(14)13(16)10-15-9-11-5-4-8-18-11/h2-3,6-7,11,13,15-16H,4-5,8-10H2,1H3. The molecule has 0 spiro atoms. The predicted molar refractivity (Wildman–Crippen MR) is 69.8 cm³/mol. The maximum Gasteiger partial charge on any atom is 0.124 e. The van der Waals surface area contributed by atoms with E-state index in [9.17, 15) is 5.11 Å². The van der Waals surface area contributed by atoms with Crippen molar-refractivity contribution in [1.82, 2.24) is 5.32 Å². The van der Waals surface area contributed by atoms with Gasteiger partial charge in [0.25, 0.3) is 0 Å². The smallest absolute Gasteiger partial charge is 0.124 e. The molecule has 1 saturated heterocycles. The van der Waals surface area contributed by atoms with Crippen LogP contribution in [0.2, 0.25) is 0 Å². The van der Waals surface area contributed by atoms with Gasteiger partial charge in [-0.25, -0.2) is 0 Å². The Labute approximate surface area is 108 Å². The average molecular weight is 251 g/mol. The molecule has 0 radical (unpaired) electrons. The molecule has 1 aliphatic rings. The van der Waals surface area contributed by atoms with Gasteiger partial charge in [0, 0.05) is 25.3 Å². The van der Waals surface area contributed by atoms with Gasteiger partial charge in [0.1, 0.15) is 5.75 Å². The van der Waals surface area contributed by atoms with Crippen molar-refractivity contribution in [2.45, 2.75) is 25.0 Å². The van der Waals surface area contributed by atoms with E-state index < -0.39 is 6.10 Å². The molecule has 2 rings (SSSR count). The fraction of sp³-hybridized carbons (Fsp3) is 0.571. The van der Waals surface area contributed by atoms with Gasteiger partial charge in [-0.05, 0) is 18.9 Å². The van der Waals surface area contributed by atoms with Crippen molar-refractivity contribution in [1.29, 1.82) is 0 Å². The zero-order chi connectivity index (χ0) is 12.8. The van der Waals surface area contributed by atoms with Crippen LogP contribution >= 0.6 is 0 Å². The molecule has 4 nitrogen and oxygen atoms in total. The van der Waals surface area contributed by atoms with Gasteiger partial charge in [-0.15, -0.1) is 0 Å². The number of benzene rings is 1. The number of hydrogen-bond acceptors (Lipinski definition) is 4. The zero-order valence-electron chi connectivity index (χ0n) is 10.8. The molecule has 0 bridgehead atoms. The van der Waals surface area contributed by atoms with Crippen LogP contribution in [0.15, 0.2) is 24.3 Å². The first-order valence-corrected chi connectivity index (χ1v) is 6.44. The maximum absolute atomic E-state index is 10.1. The number of para-hydroxylation sites is 1. The summed E-state index contributed by atoms with van der Waals surface area (Å²) in [6.07, 6.45) is 2.00. The lowest BCUT2D eigenvalue weighted by molar-refractivity contribution is 0.103. The Hall–Kier alpha value is -1.10. The summed E-state index contributed by atoms with van der Waals surface area (Å²) < 4.78 is 10.8. The topological polar surface area (TPSA) is 50.7 Å². The molecular formula is C14H21NO3. The zero-order valence-corrected chi connectivity index (χ0v) is 10.8.